The van der Waals surface area contributed by atoms with Gasteiger partial charge in [-0.2, -0.15) is 5.10 Å². The molecule has 0 saturated carbocycles. The van der Waals surface area contributed by atoms with E-state index in [1.807, 2.05) is 43.6 Å². The Hall–Kier alpha value is -2.89. The van der Waals surface area contributed by atoms with Crippen LogP contribution in [0.2, 0.25) is 0 Å². The van der Waals surface area contributed by atoms with Crippen molar-refractivity contribution < 1.29 is 13.6 Å². The molecule has 0 fully saturated rings. The van der Waals surface area contributed by atoms with Gasteiger partial charge in [0.15, 0.2) is 5.78 Å². The molecule has 1 aromatic carbocycles. The van der Waals surface area contributed by atoms with Crippen molar-refractivity contribution in [1.29, 1.82) is 0 Å². The van der Waals surface area contributed by atoms with E-state index in [-0.39, 0.29) is 23.5 Å². The van der Waals surface area contributed by atoms with Gasteiger partial charge < -0.3 is 0 Å². The van der Waals surface area contributed by atoms with E-state index in [0.29, 0.717) is 6.42 Å². The molecule has 134 valence electrons. The Kier molecular flexibility index (Phi) is 5.21. The number of carbonyl (C=O) groups excluding carboxylic acids is 1. The number of benzene rings is 1. The molecule has 0 radical (unpaired) electrons. The van der Waals surface area contributed by atoms with Crippen LogP contribution < -0.4 is 0 Å². The van der Waals surface area contributed by atoms with Crippen molar-refractivity contribution in [2.45, 2.75) is 26.2 Å². The molecule has 0 unspecified atom stereocenters. The van der Waals surface area contributed by atoms with Crippen molar-refractivity contribution in [3.63, 3.8) is 0 Å². The second-order valence-corrected chi connectivity index (χ2v) is 6.30. The fourth-order valence-electron chi connectivity index (χ4n) is 2.81. The summed E-state index contributed by atoms with van der Waals surface area (Å²) >= 11 is 0. The third-order valence-electron chi connectivity index (χ3n) is 4.18. The molecule has 0 atom stereocenters. The van der Waals surface area contributed by atoms with Crippen LogP contribution in [0.4, 0.5) is 8.78 Å². The van der Waals surface area contributed by atoms with Crippen LogP contribution >= 0.6 is 0 Å². The molecule has 0 amide bonds. The maximum Gasteiger partial charge on any atom is 0.261 e. The van der Waals surface area contributed by atoms with Crippen LogP contribution in [0.25, 0.3) is 11.3 Å². The van der Waals surface area contributed by atoms with Crippen LogP contribution in [0.15, 0.2) is 64.9 Å². The van der Waals surface area contributed by atoms with Crippen LogP contribution in [0, 0.1) is 0 Å². The maximum absolute atomic E-state index is 13.1. The van der Waals surface area contributed by atoms with Crippen molar-refractivity contribution in [2.75, 3.05) is 0 Å². The Balaban J connectivity index is 1.81. The second kappa shape index (κ2) is 7.56. The van der Waals surface area contributed by atoms with Crippen molar-refractivity contribution >= 4 is 11.5 Å². The lowest BCUT2D eigenvalue weighted by atomic mass is 9.96. The van der Waals surface area contributed by atoms with Crippen LogP contribution in [0.5, 0.6) is 0 Å². The fraction of sp³-hybridized carbons (Fsp3) is 0.250. The number of alkyl halides is 2. The lowest BCUT2D eigenvalue weighted by molar-refractivity contribution is -0.111. The number of hydrogen-bond donors (Lipinski definition) is 0. The van der Waals surface area contributed by atoms with Gasteiger partial charge in [-0.05, 0) is 30.5 Å². The summed E-state index contributed by atoms with van der Waals surface area (Å²) in [6, 6.07) is 9.74. The van der Waals surface area contributed by atoms with Crippen LogP contribution in [0.3, 0.4) is 0 Å². The first-order valence-corrected chi connectivity index (χ1v) is 8.26. The summed E-state index contributed by atoms with van der Waals surface area (Å²) < 4.78 is 28.0. The number of rotatable bonds is 5. The van der Waals surface area contributed by atoms with Crippen LogP contribution in [0.1, 0.15) is 18.9 Å². The van der Waals surface area contributed by atoms with E-state index < -0.39 is 6.43 Å². The standard InChI is InChI=1S/C20H19F2N3O/c1-13(26)19-11-15(10-17(12-23-19)20(21)22)9-14-3-5-16(6-4-14)18-7-8-25(2)24-18/h3-8,11-12,20H,9-10H2,1-2H3. The number of aliphatic imine (C=N–C) groups is 1. The van der Waals surface area contributed by atoms with E-state index in [0.717, 1.165) is 28.6 Å². The van der Waals surface area contributed by atoms with Gasteiger partial charge in [-0.25, -0.2) is 8.78 Å². The normalized spacial score (nSPS) is 14.6. The lowest BCUT2D eigenvalue weighted by Crippen LogP contribution is -2.07. The first-order chi connectivity index (χ1) is 12.4. The maximum atomic E-state index is 13.1. The largest absolute Gasteiger partial charge is 0.293 e. The predicted molar refractivity (Wildman–Crippen MR) is 97.3 cm³/mol. The zero-order valence-corrected chi connectivity index (χ0v) is 14.6. The minimum Gasteiger partial charge on any atom is -0.293 e. The van der Waals surface area contributed by atoms with Crippen molar-refractivity contribution in [3.05, 3.63) is 65.5 Å². The summed E-state index contributed by atoms with van der Waals surface area (Å²) in [7, 11) is 1.86. The van der Waals surface area contributed by atoms with Gasteiger partial charge in [-0.1, -0.05) is 29.8 Å². The summed E-state index contributed by atoms with van der Waals surface area (Å²) in [5, 5.41) is 4.36. The number of allylic oxidation sites excluding steroid dienone is 3. The summed E-state index contributed by atoms with van der Waals surface area (Å²) in [6.45, 7) is 1.38. The Morgan fingerprint density at radius 1 is 1.23 bits per heavy atom. The zero-order chi connectivity index (χ0) is 18.7. The first-order valence-electron chi connectivity index (χ1n) is 8.26. The highest BCUT2D eigenvalue weighted by atomic mass is 19.3. The predicted octanol–water partition coefficient (Wildman–Crippen LogP) is 4.14. The molecule has 6 heteroatoms. The van der Waals surface area contributed by atoms with Crippen molar-refractivity contribution in [1.82, 2.24) is 9.78 Å². The molecular formula is C20H19F2N3O. The van der Waals surface area contributed by atoms with Gasteiger partial charge in [-0.3, -0.25) is 14.5 Å². The second-order valence-electron chi connectivity index (χ2n) is 6.30. The molecule has 0 bridgehead atoms. The molecule has 2 heterocycles. The highest BCUT2D eigenvalue weighted by Crippen LogP contribution is 2.25. The lowest BCUT2D eigenvalue weighted by Gasteiger charge is -2.09. The number of aryl methyl sites for hydroxylation is 1. The van der Waals surface area contributed by atoms with Gasteiger partial charge in [-0.15, -0.1) is 0 Å². The van der Waals surface area contributed by atoms with E-state index in [2.05, 4.69) is 10.1 Å². The van der Waals surface area contributed by atoms with E-state index in [1.165, 1.54) is 6.92 Å². The minimum atomic E-state index is -2.58. The average Bonchev–Trinajstić information content (AvgIpc) is 2.91. The van der Waals surface area contributed by atoms with Gasteiger partial charge in [0.2, 0.25) is 0 Å². The average molecular weight is 355 g/mol. The topological polar surface area (TPSA) is 47.2 Å². The molecule has 0 spiro atoms. The molecule has 26 heavy (non-hydrogen) atoms. The SMILES string of the molecule is CC(=O)C1=NC=C(C(F)F)CC(Cc2ccc(-c3ccn(C)n3)cc2)=C1. The molecule has 3 rings (SSSR count). The Labute approximate surface area is 150 Å². The number of carbonyl (C=O) groups is 1. The highest BCUT2D eigenvalue weighted by molar-refractivity contribution is 6.43. The monoisotopic (exact) mass is 355 g/mol. The first kappa shape index (κ1) is 17.9. The van der Waals surface area contributed by atoms with E-state index in [9.17, 15) is 13.6 Å². The molecule has 0 N–H and O–H groups in total. The van der Waals surface area contributed by atoms with Gasteiger partial charge in [0.05, 0.1) is 5.69 Å². The molecule has 0 aliphatic carbocycles. The van der Waals surface area contributed by atoms with Gasteiger partial charge in [0, 0.05) is 37.5 Å². The number of halogens is 2. The zero-order valence-electron chi connectivity index (χ0n) is 14.6. The number of nitrogens with zero attached hydrogens (tertiary/aromatic N) is 3. The fourth-order valence-corrected chi connectivity index (χ4v) is 2.81. The number of ketones is 1. The van der Waals surface area contributed by atoms with Crippen LogP contribution in [-0.4, -0.2) is 27.7 Å². The molecule has 0 saturated heterocycles. The summed E-state index contributed by atoms with van der Waals surface area (Å²) in [6.07, 6.45) is 2.63. The molecule has 2 aromatic rings. The Morgan fingerprint density at radius 2 is 1.96 bits per heavy atom. The van der Waals surface area contributed by atoms with E-state index in [4.69, 9.17) is 0 Å². The third kappa shape index (κ3) is 4.20. The number of aromatic nitrogens is 2. The molecular weight excluding hydrogens is 336 g/mol. The summed E-state index contributed by atoms with van der Waals surface area (Å²) in [5.74, 6) is -0.236. The number of Topliss-reactive ketones (excluding diaryl/α,β-unsaturated/α-hetero) is 1. The highest BCUT2D eigenvalue weighted by Gasteiger charge is 2.17. The Morgan fingerprint density at radius 3 is 2.54 bits per heavy atom. The van der Waals surface area contributed by atoms with Gasteiger partial charge in [0.25, 0.3) is 6.43 Å². The third-order valence-corrected chi connectivity index (χ3v) is 4.18. The number of hydrogen-bond acceptors (Lipinski definition) is 3. The van der Waals surface area contributed by atoms with Gasteiger partial charge in [0.1, 0.15) is 5.71 Å². The molecule has 1 aliphatic rings. The molecule has 1 aliphatic heterocycles. The van der Waals surface area contributed by atoms with Crippen LogP contribution in [-0.2, 0) is 18.3 Å². The van der Waals surface area contributed by atoms with E-state index >= 15 is 0 Å². The minimum absolute atomic E-state index is 0.0717. The van der Waals surface area contributed by atoms with E-state index in [1.54, 1.807) is 10.8 Å². The summed E-state index contributed by atoms with van der Waals surface area (Å²) in [5.41, 5.74) is 3.73. The van der Waals surface area contributed by atoms with Gasteiger partial charge >= 0.3 is 0 Å². The van der Waals surface area contributed by atoms with Crippen molar-refractivity contribution in [3.8, 4) is 11.3 Å². The molecule has 1 aromatic heterocycles. The smallest absolute Gasteiger partial charge is 0.261 e. The summed E-state index contributed by atoms with van der Waals surface area (Å²) in [4.78, 5) is 15.5. The quantitative estimate of drug-likeness (QED) is 0.809. The Bertz CT molecular complexity index is 905. The van der Waals surface area contributed by atoms with Crippen molar-refractivity contribution in [2.24, 2.45) is 12.0 Å². The molecule has 4 nitrogen and oxygen atoms in total.